The Kier molecular flexibility index (Phi) is 5.09. The molecule has 78 valence electrons. The molecule has 0 aliphatic heterocycles. The van der Waals surface area contributed by atoms with Crippen LogP contribution in [-0.4, -0.2) is 10.8 Å². The van der Waals surface area contributed by atoms with Crippen LogP contribution in [0.2, 0.25) is 0 Å². The van der Waals surface area contributed by atoms with Crippen molar-refractivity contribution >= 4 is 71.7 Å². The molecule has 1 rings (SSSR count). The number of halogens is 4. The molecular weight excluding hydrogens is 302 g/mol. The Morgan fingerprint density at radius 3 is 2.00 bits per heavy atom. The summed E-state index contributed by atoms with van der Waals surface area (Å²) in [5.74, 6) is 0. The number of hydrogen-bond donors (Lipinski definition) is 2. The molecular formula is C8H6Cl4S2. The number of allylic oxidation sites excluding steroid dienone is 4. The molecule has 0 amide bonds. The second-order valence-corrected chi connectivity index (χ2v) is 4.78. The molecule has 0 heterocycles. The molecule has 0 aromatic heterocycles. The van der Waals surface area contributed by atoms with E-state index < -0.39 is 10.8 Å². The van der Waals surface area contributed by atoms with Gasteiger partial charge in [-0.15, -0.1) is 23.2 Å². The first-order valence-corrected chi connectivity index (χ1v) is 6.22. The largest absolute Gasteiger partial charge is 0.151 e. The van der Waals surface area contributed by atoms with E-state index in [1.54, 1.807) is 5.41 Å². The normalized spacial score (nSPS) is 34.4. The fourth-order valence-electron chi connectivity index (χ4n) is 1.07. The molecule has 0 saturated carbocycles. The molecule has 1 aliphatic rings. The molecule has 2 unspecified atom stereocenters. The van der Waals surface area contributed by atoms with Crippen LogP contribution in [0.15, 0.2) is 32.0 Å². The van der Waals surface area contributed by atoms with Crippen molar-refractivity contribution in [2.24, 2.45) is 0 Å². The molecule has 0 radical (unpaired) electrons. The smallest absolute Gasteiger partial charge is 0.0942 e. The Morgan fingerprint density at radius 2 is 1.57 bits per heavy atom. The maximum Gasteiger partial charge on any atom is 0.0942 e. The lowest BCUT2D eigenvalue weighted by Gasteiger charge is -2.27. The van der Waals surface area contributed by atoms with Gasteiger partial charge in [0.2, 0.25) is 0 Å². The minimum Gasteiger partial charge on any atom is -0.151 e. The van der Waals surface area contributed by atoms with Gasteiger partial charge >= 0.3 is 0 Å². The summed E-state index contributed by atoms with van der Waals surface area (Å²) in [6.07, 6.45) is 0. The van der Waals surface area contributed by atoms with E-state index in [0.717, 1.165) is 0 Å². The highest BCUT2D eigenvalue weighted by Crippen LogP contribution is 2.43. The molecule has 0 N–H and O–H groups in total. The van der Waals surface area contributed by atoms with Crippen LogP contribution in [0.3, 0.4) is 0 Å². The maximum absolute atomic E-state index is 6.11. The Morgan fingerprint density at radius 1 is 1.00 bits per heavy atom. The van der Waals surface area contributed by atoms with E-state index in [2.05, 4.69) is 25.3 Å². The fourth-order valence-corrected chi connectivity index (χ4v) is 3.33. The third-order valence-electron chi connectivity index (χ3n) is 1.83. The summed E-state index contributed by atoms with van der Waals surface area (Å²) in [4.78, 5) is 0. The second-order valence-electron chi connectivity index (χ2n) is 2.60. The number of alkyl halides is 2. The highest BCUT2D eigenvalue weighted by atomic mass is 35.5. The average molecular weight is 308 g/mol. The Labute approximate surface area is 114 Å². The van der Waals surface area contributed by atoms with Crippen LogP contribution in [-0.2, 0) is 0 Å². The van der Waals surface area contributed by atoms with Crippen LogP contribution >= 0.6 is 71.7 Å². The summed E-state index contributed by atoms with van der Waals surface area (Å²) in [7, 11) is 0. The molecule has 2 atom stereocenters. The van der Waals surface area contributed by atoms with E-state index in [1.807, 2.05) is 0 Å². The molecule has 0 nitrogen and oxygen atoms in total. The predicted octanol–water partition coefficient (Wildman–Crippen LogP) is 4.53. The van der Waals surface area contributed by atoms with Crippen LogP contribution in [0.4, 0.5) is 0 Å². The zero-order valence-electron chi connectivity index (χ0n) is 6.72. The van der Waals surface area contributed by atoms with Gasteiger partial charge in [0.15, 0.2) is 0 Å². The van der Waals surface area contributed by atoms with Crippen molar-refractivity contribution in [1.82, 2.24) is 0 Å². The van der Waals surface area contributed by atoms with E-state index in [-0.39, 0.29) is 0 Å². The first-order valence-electron chi connectivity index (χ1n) is 3.56. The van der Waals surface area contributed by atoms with Crippen LogP contribution in [0.5, 0.6) is 0 Å². The third kappa shape index (κ3) is 2.26. The minimum atomic E-state index is -0.513. The van der Waals surface area contributed by atoms with Crippen molar-refractivity contribution in [2.75, 3.05) is 0 Å². The van der Waals surface area contributed by atoms with Gasteiger partial charge in [-0.3, -0.25) is 0 Å². The van der Waals surface area contributed by atoms with Crippen LogP contribution < -0.4 is 0 Å². The van der Waals surface area contributed by atoms with Gasteiger partial charge in [0.1, 0.15) is 0 Å². The van der Waals surface area contributed by atoms with Crippen LogP contribution in [0, 0.1) is 0 Å². The van der Waals surface area contributed by atoms with Crippen molar-refractivity contribution in [3.63, 3.8) is 0 Å². The Bertz CT molecular complexity index is 332. The van der Waals surface area contributed by atoms with E-state index in [4.69, 9.17) is 46.4 Å². The SMILES string of the molecule is SC=C1C(Cl)=C(Cl)C(Cl)C(=CS)C1Cl. The van der Waals surface area contributed by atoms with E-state index in [1.165, 1.54) is 5.41 Å². The zero-order valence-corrected chi connectivity index (χ0v) is 11.5. The predicted molar refractivity (Wildman–Crippen MR) is 72.2 cm³/mol. The molecule has 0 aromatic carbocycles. The van der Waals surface area contributed by atoms with Crippen molar-refractivity contribution in [3.8, 4) is 0 Å². The quantitative estimate of drug-likeness (QED) is 0.477. The van der Waals surface area contributed by atoms with E-state index >= 15 is 0 Å². The molecule has 0 aromatic rings. The summed E-state index contributed by atoms with van der Waals surface area (Å²) in [5.41, 5.74) is 1.34. The van der Waals surface area contributed by atoms with Crippen molar-refractivity contribution in [1.29, 1.82) is 0 Å². The highest BCUT2D eigenvalue weighted by Gasteiger charge is 2.33. The maximum atomic E-state index is 6.11. The van der Waals surface area contributed by atoms with Gasteiger partial charge in [-0.25, -0.2) is 0 Å². The van der Waals surface area contributed by atoms with Crippen LogP contribution in [0.25, 0.3) is 0 Å². The number of thiol groups is 2. The summed E-state index contributed by atoms with van der Waals surface area (Å²) in [5, 5.41) is 2.83. The molecule has 14 heavy (non-hydrogen) atoms. The van der Waals surface area contributed by atoms with Crippen LogP contribution in [0.1, 0.15) is 0 Å². The molecule has 0 saturated heterocycles. The molecule has 0 fully saturated rings. The summed E-state index contributed by atoms with van der Waals surface area (Å²) >= 11 is 32.1. The van der Waals surface area contributed by atoms with Crippen molar-refractivity contribution in [2.45, 2.75) is 10.8 Å². The van der Waals surface area contributed by atoms with Gasteiger partial charge in [0.05, 0.1) is 20.8 Å². The van der Waals surface area contributed by atoms with Gasteiger partial charge < -0.3 is 0 Å². The minimum absolute atomic E-state index is 0.353. The first-order chi connectivity index (χ1) is 6.54. The fraction of sp³-hybridized carbons (Fsp3) is 0.250. The lowest BCUT2D eigenvalue weighted by Crippen LogP contribution is -2.22. The second kappa shape index (κ2) is 5.42. The Balaban J connectivity index is 3.30. The average Bonchev–Trinajstić information content (AvgIpc) is 2.16. The van der Waals surface area contributed by atoms with E-state index in [0.29, 0.717) is 21.2 Å². The summed E-state index contributed by atoms with van der Waals surface area (Å²) in [6.45, 7) is 0. The Hall–Kier alpha value is 1.08. The summed E-state index contributed by atoms with van der Waals surface area (Å²) < 4.78 is 0. The van der Waals surface area contributed by atoms with Gasteiger partial charge in [-0.2, -0.15) is 25.3 Å². The summed E-state index contributed by atoms with van der Waals surface area (Å²) in [6, 6.07) is 0. The topological polar surface area (TPSA) is 0 Å². The van der Waals surface area contributed by atoms with Gasteiger partial charge in [0, 0.05) is 5.57 Å². The van der Waals surface area contributed by atoms with E-state index in [9.17, 15) is 0 Å². The molecule has 6 heteroatoms. The monoisotopic (exact) mass is 306 g/mol. The first kappa shape index (κ1) is 13.1. The van der Waals surface area contributed by atoms with Gasteiger partial charge in [-0.1, -0.05) is 23.2 Å². The zero-order chi connectivity index (χ0) is 10.9. The van der Waals surface area contributed by atoms with Gasteiger partial charge in [-0.05, 0) is 16.4 Å². The van der Waals surface area contributed by atoms with Crippen molar-refractivity contribution < 1.29 is 0 Å². The standard InChI is InChI=1S/C8H6Cl4S2/c9-5-3(1-13)6(10)8(12)7(11)4(5)2-14/h1-2,5-6,13-14H. The number of hydrogen-bond acceptors (Lipinski definition) is 2. The lowest BCUT2D eigenvalue weighted by molar-refractivity contribution is 1.03. The lowest BCUT2D eigenvalue weighted by atomic mass is 9.97. The highest BCUT2D eigenvalue weighted by molar-refractivity contribution is 7.83. The van der Waals surface area contributed by atoms with Crippen molar-refractivity contribution in [3.05, 3.63) is 32.0 Å². The van der Waals surface area contributed by atoms with Gasteiger partial charge in [0.25, 0.3) is 0 Å². The molecule has 1 aliphatic carbocycles. The molecule has 0 bridgehead atoms. The third-order valence-corrected chi connectivity index (χ3v) is 4.40. The number of rotatable bonds is 0. The molecule has 0 spiro atoms.